The van der Waals surface area contributed by atoms with Gasteiger partial charge in [0.05, 0.1) is 0 Å². The fourth-order valence-electron chi connectivity index (χ4n) is 4.32. The van der Waals surface area contributed by atoms with Crippen LogP contribution < -0.4 is 0 Å². The van der Waals surface area contributed by atoms with Crippen LogP contribution in [0.2, 0.25) is 0 Å². The van der Waals surface area contributed by atoms with Gasteiger partial charge in [0.2, 0.25) is 0 Å². The summed E-state index contributed by atoms with van der Waals surface area (Å²) in [6.07, 6.45) is 5.68. The van der Waals surface area contributed by atoms with Gasteiger partial charge >= 0.3 is 0 Å². The number of rotatable bonds is 8. The molecule has 170 valence electrons. The SMILES string of the molecule is CC(C)c1ccccc1CCc1ccccc1.CCc1ccccc1CCc1ccccc1. The van der Waals surface area contributed by atoms with Crippen molar-refractivity contribution in [3.8, 4) is 0 Å². The van der Waals surface area contributed by atoms with Gasteiger partial charge in [-0.05, 0) is 71.4 Å². The van der Waals surface area contributed by atoms with Crippen molar-refractivity contribution in [1.29, 1.82) is 0 Å². The highest BCUT2D eigenvalue weighted by atomic mass is 14.1. The molecule has 0 atom stereocenters. The van der Waals surface area contributed by atoms with Gasteiger partial charge in [0.15, 0.2) is 0 Å². The Morgan fingerprint density at radius 2 is 0.879 bits per heavy atom. The van der Waals surface area contributed by atoms with E-state index in [-0.39, 0.29) is 0 Å². The molecule has 0 saturated heterocycles. The van der Waals surface area contributed by atoms with Gasteiger partial charge in [0.1, 0.15) is 0 Å². The van der Waals surface area contributed by atoms with Crippen LogP contribution >= 0.6 is 0 Å². The van der Waals surface area contributed by atoms with Crippen molar-refractivity contribution >= 4 is 0 Å². The van der Waals surface area contributed by atoms with Crippen LogP contribution in [-0.2, 0) is 32.1 Å². The molecule has 33 heavy (non-hydrogen) atoms. The summed E-state index contributed by atoms with van der Waals surface area (Å²) in [5.41, 5.74) is 8.81. The average Bonchev–Trinajstić information content (AvgIpc) is 2.88. The predicted molar refractivity (Wildman–Crippen MR) is 144 cm³/mol. The Morgan fingerprint density at radius 1 is 0.455 bits per heavy atom. The smallest absolute Gasteiger partial charge is 0.0216 e. The molecule has 0 heteroatoms. The van der Waals surface area contributed by atoms with Crippen molar-refractivity contribution in [3.05, 3.63) is 143 Å². The molecule has 0 aliphatic rings. The van der Waals surface area contributed by atoms with Crippen LogP contribution in [0.15, 0.2) is 109 Å². The molecule has 0 nitrogen and oxygen atoms in total. The highest BCUT2D eigenvalue weighted by Gasteiger charge is 2.05. The summed E-state index contributed by atoms with van der Waals surface area (Å²) in [4.78, 5) is 0. The van der Waals surface area contributed by atoms with Crippen LogP contribution in [0, 0.1) is 0 Å². The molecule has 0 radical (unpaired) electrons. The van der Waals surface area contributed by atoms with Gasteiger partial charge in [-0.15, -0.1) is 0 Å². The fourth-order valence-corrected chi connectivity index (χ4v) is 4.32. The van der Waals surface area contributed by atoms with E-state index in [4.69, 9.17) is 0 Å². The van der Waals surface area contributed by atoms with Gasteiger partial charge in [-0.25, -0.2) is 0 Å². The lowest BCUT2D eigenvalue weighted by Gasteiger charge is -2.12. The molecule has 0 N–H and O–H groups in total. The fraction of sp³-hybridized carbons (Fsp3) is 0.273. The predicted octanol–water partition coefficient (Wildman–Crippen LogP) is 8.63. The Morgan fingerprint density at radius 3 is 1.39 bits per heavy atom. The van der Waals surface area contributed by atoms with E-state index in [2.05, 4.69) is 130 Å². The van der Waals surface area contributed by atoms with Gasteiger partial charge in [0, 0.05) is 0 Å². The third-order valence-electron chi connectivity index (χ3n) is 6.23. The van der Waals surface area contributed by atoms with E-state index in [0.29, 0.717) is 5.92 Å². The lowest BCUT2D eigenvalue weighted by molar-refractivity contribution is 0.829. The molecule has 0 heterocycles. The summed E-state index contributed by atoms with van der Waals surface area (Å²) in [6, 6.07) is 39.0. The number of hydrogen-bond acceptors (Lipinski definition) is 0. The van der Waals surface area contributed by atoms with Crippen LogP contribution in [0.4, 0.5) is 0 Å². The van der Waals surface area contributed by atoms with Crippen molar-refractivity contribution in [2.24, 2.45) is 0 Å². The molecule has 0 saturated carbocycles. The van der Waals surface area contributed by atoms with Crippen LogP contribution in [-0.4, -0.2) is 0 Å². The minimum Gasteiger partial charge on any atom is -0.0622 e. The number of aryl methyl sites for hydroxylation is 5. The maximum atomic E-state index is 2.27. The van der Waals surface area contributed by atoms with E-state index in [0.717, 1.165) is 32.1 Å². The molecule has 0 fully saturated rings. The van der Waals surface area contributed by atoms with E-state index in [1.165, 1.54) is 33.4 Å². The van der Waals surface area contributed by atoms with Gasteiger partial charge in [-0.1, -0.05) is 130 Å². The van der Waals surface area contributed by atoms with E-state index in [1.54, 1.807) is 0 Å². The Hall–Kier alpha value is -3.12. The zero-order chi connectivity index (χ0) is 23.3. The summed E-state index contributed by atoms with van der Waals surface area (Å²) in [7, 11) is 0. The van der Waals surface area contributed by atoms with Crippen molar-refractivity contribution in [2.75, 3.05) is 0 Å². The largest absolute Gasteiger partial charge is 0.0622 e. The van der Waals surface area contributed by atoms with Gasteiger partial charge in [-0.2, -0.15) is 0 Å². The molecule has 0 aliphatic carbocycles. The first kappa shape index (κ1) is 24.5. The van der Waals surface area contributed by atoms with E-state index >= 15 is 0 Å². The molecule has 0 spiro atoms. The second-order valence-electron chi connectivity index (χ2n) is 8.95. The van der Waals surface area contributed by atoms with E-state index in [1.807, 2.05) is 0 Å². The summed E-state index contributed by atoms with van der Waals surface area (Å²) in [5.74, 6) is 0.613. The van der Waals surface area contributed by atoms with Gasteiger partial charge in [-0.3, -0.25) is 0 Å². The molecule has 0 unspecified atom stereocenters. The second kappa shape index (κ2) is 13.4. The van der Waals surface area contributed by atoms with Crippen LogP contribution in [0.5, 0.6) is 0 Å². The normalized spacial score (nSPS) is 10.5. The first-order valence-electron chi connectivity index (χ1n) is 12.4. The van der Waals surface area contributed by atoms with Crippen molar-refractivity contribution in [3.63, 3.8) is 0 Å². The number of benzene rings is 4. The lowest BCUT2D eigenvalue weighted by Crippen LogP contribution is -1.98. The Bertz CT molecular complexity index is 1060. The number of hydrogen-bond donors (Lipinski definition) is 0. The third kappa shape index (κ3) is 8.06. The lowest BCUT2D eigenvalue weighted by atomic mass is 9.93. The van der Waals surface area contributed by atoms with Crippen molar-refractivity contribution < 1.29 is 0 Å². The zero-order valence-corrected chi connectivity index (χ0v) is 20.5. The van der Waals surface area contributed by atoms with Crippen molar-refractivity contribution in [1.82, 2.24) is 0 Å². The molecule has 4 rings (SSSR count). The minimum atomic E-state index is 0.613. The molecule has 0 aliphatic heterocycles. The summed E-state index contributed by atoms with van der Waals surface area (Å²) >= 11 is 0. The standard InChI is InChI=1S/C17H20.C16H18/c1-14(2)17-11-7-6-10-16(17)13-12-15-8-4-3-5-9-15;1-2-15-10-6-7-11-16(15)13-12-14-8-4-3-5-9-14/h3-11,14H,12-13H2,1-2H3;3-11H,2,12-13H2,1H3. The summed E-state index contributed by atoms with van der Waals surface area (Å²) < 4.78 is 0. The molecule has 4 aromatic carbocycles. The van der Waals surface area contributed by atoms with E-state index < -0.39 is 0 Å². The van der Waals surface area contributed by atoms with E-state index in [9.17, 15) is 0 Å². The monoisotopic (exact) mass is 434 g/mol. The molecule has 0 amide bonds. The molecular weight excluding hydrogens is 396 g/mol. The Kier molecular flexibility index (Phi) is 9.98. The second-order valence-corrected chi connectivity index (χ2v) is 8.95. The third-order valence-corrected chi connectivity index (χ3v) is 6.23. The highest BCUT2D eigenvalue weighted by Crippen LogP contribution is 2.20. The van der Waals surface area contributed by atoms with Crippen LogP contribution in [0.25, 0.3) is 0 Å². The van der Waals surface area contributed by atoms with Gasteiger partial charge in [0.25, 0.3) is 0 Å². The summed E-state index contributed by atoms with van der Waals surface area (Å²) in [5, 5.41) is 0. The Balaban J connectivity index is 0.000000186. The van der Waals surface area contributed by atoms with Crippen LogP contribution in [0.3, 0.4) is 0 Å². The molecule has 0 bridgehead atoms. The zero-order valence-electron chi connectivity index (χ0n) is 20.5. The van der Waals surface area contributed by atoms with Gasteiger partial charge < -0.3 is 0 Å². The van der Waals surface area contributed by atoms with Crippen LogP contribution in [0.1, 0.15) is 60.1 Å². The topological polar surface area (TPSA) is 0 Å². The first-order valence-corrected chi connectivity index (χ1v) is 12.4. The average molecular weight is 435 g/mol. The highest BCUT2D eigenvalue weighted by molar-refractivity contribution is 5.31. The maximum absolute atomic E-state index is 2.27. The minimum absolute atomic E-state index is 0.613. The quantitative estimate of drug-likeness (QED) is 0.260. The first-order chi connectivity index (χ1) is 16.2. The Labute approximate surface area is 201 Å². The van der Waals surface area contributed by atoms with Crippen molar-refractivity contribution in [2.45, 2.75) is 58.8 Å². The maximum Gasteiger partial charge on any atom is -0.0216 e. The molecular formula is C33H38. The summed E-state index contributed by atoms with van der Waals surface area (Å²) in [6.45, 7) is 6.75. The molecule has 4 aromatic rings. The molecule has 0 aromatic heterocycles.